The normalized spacial score (nSPS) is 11.1. The third kappa shape index (κ3) is 3.05. The molecule has 1 aromatic heterocycles. The summed E-state index contributed by atoms with van der Waals surface area (Å²) in [5.41, 5.74) is -1.03. The second-order valence-corrected chi connectivity index (χ2v) is 5.32. The number of halogens is 3. The topological polar surface area (TPSA) is 54.9 Å². The Morgan fingerprint density at radius 1 is 1.29 bits per heavy atom. The molecule has 0 fully saturated rings. The van der Waals surface area contributed by atoms with Crippen molar-refractivity contribution in [3.05, 3.63) is 67.0 Å². The van der Waals surface area contributed by atoms with Crippen LogP contribution in [-0.4, -0.2) is 9.55 Å². The van der Waals surface area contributed by atoms with Gasteiger partial charge in [-0.05, 0) is 12.0 Å². The number of rotatable bonds is 3. The molecule has 7 heteroatoms. The molecule has 1 N–H and O–H groups in total. The quantitative estimate of drug-likeness (QED) is 0.886. The molecule has 0 spiro atoms. The Hall–Kier alpha value is -1.95. The highest BCUT2D eigenvalue weighted by molar-refractivity contribution is 6.30. The summed E-state index contributed by atoms with van der Waals surface area (Å²) in [5.74, 6) is -1.75. The molecule has 0 aliphatic heterocycles. The van der Waals surface area contributed by atoms with E-state index in [-0.39, 0.29) is 28.7 Å². The van der Waals surface area contributed by atoms with Crippen molar-refractivity contribution in [1.82, 2.24) is 9.55 Å². The van der Waals surface area contributed by atoms with E-state index in [1.54, 1.807) is 13.8 Å². The van der Waals surface area contributed by atoms with Gasteiger partial charge in [0, 0.05) is 11.6 Å². The van der Waals surface area contributed by atoms with Gasteiger partial charge >= 0.3 is 5.69 Å². The van der Waals surface area contributed by atoms with Crippen LogP contribution in [-0.2, 0) is 6.54 Å². The standard InChI is InChI=1S/C14H13ClF2N2O2/c1-7(2)11-12(15)18-14(21)19(13(11)20)6-8-3-4-9(16)5-10(8)17/h3-5,7H,6H2,1-2H3,(H,18,21). The van der Waals surface area contributed by atoms with E-state index >= 15 is 0 Å². The summed E-state index contributed by atoms with van der Waals surface area (Å²) < 4.78 is 27.4. The summed E-state index contributed by atoms with van der Waals surface area (Å²) in [7, 11) is 0. The lowest BCUT2D eigenvalue weighted by Crippen LogP contribution is -2.38. The SMILES string of the molecule is CC(C)c1c(Cl)[nH]c(=O)n(Cc2ccc(F)cc2F)c1=O. The molecule has 0 bridgehead atoms. The fourth-order valence-corrected chi connectivity index (χ4v) is 2.40. The molecule has 0 aliphatic carbocycles. The molecule has 1 aromatic carbocycles. The van der Waals surface area contributed by atoms with Gasteiger partial charge in [-0.2, -0.15) is 0 Å². The Labute approximate surface area is 124 Å². The van der Waals surface area contributed by atoms with E-state index in [0.717, 1.165) is 10.6 Å². The summed E-state index contributed by atoms with van der Waals surface area (Å²) in [5, 5.41) is -0.0178. The Morgan fingerprint density at radius 3 is 2.52 bits per heavy atom. The lowest BCUT2D eigenvalue weighted by molar-refractivity contribution is 0.559. The number of H-pyrrole nitrogens is 1. The highest BCUT2D eigenvalue weighted by Crippen LogP contribution is 2.17. The highest BCUT2D eigenvalue weighted by Gasteiger charge is 2.16. The minimum absolute atomic E-state index is 0.0178. The van der Waals surface area contributed by atoms with Crippen molar-refractivity contribution in [2.75, 3.05) is 0 Å². The van der Waals surface area contributed by atoms with Gasteiger partial charge in [0.15, 0.2) is 0 Å². The summed E-state index contributed by atoms with van der Waals surface area (Å²) in [6.45, 7) is 3.21. The van der Waals surface area contributed by atoms with Gasteiger partial charge in [-0.3, -0.25) is 14.3 Å². The Bertz CT molecular complexity index is 797. The molecule has 0 aliphatic rings. The fourth-order valence-electron chi connectivity index (χ4n) is 2.02. The molecular formula is C14H13ClF2N2O2. The van der Waals surface area contributed by atoms with Crippen LogP contribution in [0.2, 0.25) is 5.15 Å². The molecule has 0 saturated carbocycles. The van der Waals surface area contributed by atoms with Crippen LogP contribution in [0.15, 0.2) is 27.8 Å². The number of benzene rings is 1. The number of aromatic nitrogens is 2. The number of aromatic amines is 1. The highest BCUT2D eigenvalue weighted by atomic mass is 35.5. The van der Waals surface area contributed by atoms with Crippen molar-refractivity contribution in [2.45, 2.75) is 26.3 Å². The van der Waals surface area contributed by atoms with Gasteiger partial charge in [-0.25, -0.2) is 13.6 Å². The average Bonchev–Trinajstić information content (AvgIpc) is 2.35. The van der Waals surface area contributed by atoms with E-state index in [0.29, 0.717) is 6.07 Å². The van der Waals surface area contributed by atoms with E-state index in [1.165, 1.54) is 6.07 Å². The van der Waals surface area contributed by atoms with Crippen molar-refractivity contribution < 1.29 is 8.78 Å². The van der Waals surface area contributed by atoms with Crippen molar-refractivity contribution in [2.24, 2.45) is 0 Å². The van der Waals surface area contributed by atoms with E-state index in [9.17, 15) is 18.4 Å². The molecule has 2 rings (SSSR count). The molecule has 0 radical (unpaired) electrons. The molecule has 21 heavy (non-hydrogen) atoms. The van der Waals surface area contributed by atoms with Gasteiger partial charge in [-0.15, -0.1) is 0 Å². The predicted octanol–water partition coefficient (Wildman–Crippen LogP) is 2.64. The molecule has 0 saturated heterocycles. The Kier molecular flexibility index (Phi) is 4.27. The minimum Gasteiger partial charge on any atom is -0.297 e. The molecular weight excluding hydrogens is 302 g/mol. The lowest BCUT2D eigenvalue weighted by atomic mass is 10.1. The van der Waals surface area contributed by atoms with Crippen LogP contribution >= 0.6 is 11.6 Å². The second kappa shape index (κ2) is 5.81. The smallest absolute Gasteiger partial charge is 0.297 e. The zero-order chi connectivity index (χ0) is 15.7. The molecule has 4 nitrogen and oxygen atoms in total. The number of nitrogens with one attached hydrogen (secondary N) is 1. The van der Waals surface area contributed by atoms with Crippen LogP contribution in [0.1, 0.15) is 30.9 Å². The van der Waals surface area contributed by atoms with Crippen LogP contribution in [0.3, 0.4) is 0 Å². The van der Waals surface area contributed by atoms with Crippen molar-refractivity contribution in [1.29, 1.82) is 0 Å². The average molecular weight is 315 g/mol. The third-order valence-electron chi connectivity index (χ3n) is 3.09. The summed E-state index contributed by atoms with van der Waals surface area (Å²) in [6, 6.07) is 2.96. The first-order valence-corrected chi connectivity index (χ1v) is 6.65. The Balaban J connectivity index is 2.57. The van der Waals surface area contributed by atoms with Crippen molar-refractivity contribution >= 4 is 11.6 Å². The minimum atomic E-state index is -0.817. The molecule has 2 aromatic rings. The first-order chi connectivity index (χ1) is 9.81. The monoisotopic (exact) mass is 314 g/mol. The van der Waals surface area contributed by atoms with Gasteiger partial charge in [0.1, 0.15) is 16.8 Å². The van der Waals surface area contributed by atoms with E-state index < -0.39 is 22.9 Å². The van der Waals surface area contributed by atoms with Crippen LogP contribution < -0.4 is 11.2 Å². The van der Waals surface area contributed by atoms with Gasteiger partial charge in [0.25, 0.3) is 5.56 Å². The zero-order valence-electron chi connectivity index (χ0n) is 11.4. The van der Waals surface area contributed by atoms with Crippen molar-refractivity contribution in [3.8, 4) is 0 Å². The maximum absolute atomic E-state index is 13.6. The summed E-state index contributed by atoms with van der Waals surface area (Å²) >= 11 is 5.86. The number of nitrogens with zero attached hydrogens (tertiary/aromatic N) is 1. The van der Waals surface area contributed by atoms with E-state index in [2.05, 4.69) is 4.98 Å². The zero-order valence-corrected chi connectivity index (χ0v) is 12.2. The number of hydrogen-bond acceptors (Lipinski definition) is 2. The van der Waals surface area contributed by atoms with E-state index in [4.69, 9.17) is 11.6 Å². The fraction of sp³-hybridized carbons (Fsp3) is 0.286. The Morgan fingerprint density at radius 2 is 1.95 bits per heavy atom. The van der Waals surface area contributed by atoms with Gasteiger partial charge in [0.05, 0.1) is 12.1 Å². The van der Waals surface area contributed by atoms with Crippen LogP contribution in [0.5, 0.6) is 0 Å². The second-order valence-electron chi connectivity index (χ2n) is 4.94. The van der Waals surface area contributed by atoms with Crippen LogP contribution in [0, 0.1) is 11.6 Å². The summed E-state index contributed by atoms with van der Waals surface area (Å²) in [6.07, 6.45) is 0. The first-order valence-electron chi connectivity index (χ1n) is 6.27. The van der Waals surface area contributed by atoms with Gasteiger partial charge in [-0.1, -0.05) is 31.5 Å². The van der Waals surface area contributed by atoms with Crippen LogP contribution in [0.25, 0.3) is 0 Å². The maximum Gasteiger partial charge on any atom is 0.329 e. The van der Waals surface area contributed by atoms with Gasteiger partial charge in [0.2, 0.25) is 0 Å². The molecule has 0 amide bonds. The first kappa shape index (κ1) is 15.4. The lowest BCUT2D eigenvalue weighted by Gasteiger charge is -2.11. The third-order valence-corrected chi connectivity index (χ3v) is 3.39. The largest absolute Gasteiger partial charge is 0.329 e. The van der Waals surface area contributed by atoms with Gasteiger partial charge < -0.3 is 0 Å². The molecule has 112 valence electrons. The number of hydrogen-bond donors (Lipinski definition) is 1. The molecule has 0 atom stereocenters. The maximum atomic E-state index is 13.6. The molecule has 0 unspecified atom stereocenters. The van der Waals surface area contributed by atoms with E-state index in [1.807, 2.05) is 0 Å². The predicted molar refractivity (Wildman–Crippen MR) is 75.9 cm³/mol. The molecule has 1 heterocycles. The van der Waals surface area contributed by atoms with Crippen molar-refractivity contribution in [3.63, 3.8) is 0 Å². The summed E-state index contributed by atoms with van der Waals surface area (Å²) in [4.78, 5) is 26.5. The van der Waals surface area contributed by atoms with Crippen LogP contribution in [0.4, 0.5) is 8.78 Å².